The Balaban J connectivity index is 0.000000283. The molecule has 0 radical (unpaired) electrons. The van der Waals surface area contributed by atoms with Crippen molar-refractivity contribution in [3.8, 4) is 0 Å². The average molecular weight is 573 g/mol. The molecule has 0 amide bonds. The first-order valence-electron chi connectivity index (χ1n) is 13.2. The Hall–Kier alpha value is -3.33. The number of aryl methyl sites for hydroxylation is 1. The third-order valence-electron chi connectivity index (χ3n) is 7.27. The second kappa shape index (κ2) is 13.4. The topological polar surface area (TPSA) is 76.6 Å². The molecule has 0 aliphatic carbocycles. The fraction of sp³-hybridized carbons (Fsp3) is 0.323. The third-order valence-corrected chi connectivity index (χ3v) is 7.51. The van der Waals surface area contributed by atoms with Crippen LogP contribution in [0.15, 0.2) is 79.0 Å². The van der Waals surface area contributed by atoms with Crippen molar-refractivity contribution >= 4 is 28.5 Å². The Morgan fingerprint density at radius 1 is 1.02 bits per heavy atom. The first-order chi connectivity index (χ1) is 19.1. The molecule has 1 aliphatic rings. The van der Waals surface area contributed by atoms with Crippen LogP contribution in [0.2, 0.25) is 5.02 Å². The number of rotatable bonds is 7. The molecule has 212 valence electrons. The summed E-state index contributed by atoms with van der Waals surface area (Å²) in [7, 11) is 0. The molecule has 1 saturated heterocycles. The highest BCUT2D eigenvalue weighted by atomic mass is 35.5. The van der Waals surface area contributed by atoms with Gasteiger partial charge in [-0.15, -0.1) is 0 Å². The number of carboxylic acids is 1. The van der Waals surface area contributed by atoms with Gasteiger partial charge in [0.25, 0.3) is 0 Å². The van der Waals surface area contributed by atoms with Crippen LogP contribution in [0.1, 0.15) is 53.5 Å². The summed E-state index contributed by atoms with van der Waals surface area (Å²) in [5.74, 6) is -0.690. The van der Waals surface area contributed by atoms with E-state index in [1.165, 1.54) is 23.1 Å². The summed E-state index contributed by atoms with van der Waals surface area (Å²) in [4.78, 5) is 16.1. The quantitative estimate of drug-likeness (QED) is 0.215. The van der Waals surface area contributed by atoms with Crippen molar-refractivity contribution in [3.05, 3.63) is 106 Å². The number of H-pyrrole nitrogens is 1. The Labute approximate surface area is 236 Å². The summed E-state index contributed by atoms with van der Waals surface area (Å²) in [6, 6.07) is 19.8. The number of aliphatic hydroxyl groups is 1. The van der Waals surface area contributed by atoms with Crippen molar-refractivity contribution in [2.75, 3.05) is 19.6 Å². The molecule has 3 aromatic carbocycles. The van der Waals surface area contributed by atoms with E-state index in [4.69, 9.17) is 21.8 Å². The van der Waals surface area contributed by atoms with Crippen LogP contribution in [-0.4, -0.2) is 45.7 Å². The number of nitrogens with zero attached hydrogens (tertiary/aromatic N) is 1. The molecular weight excluding hydrogens is 541 g/mol. The summed E-state index contributed by atoms with van der Waals surface area (Å²) in [5, 5.41) is 19.4. The van der Waals surface area contributed by atoms with Crippen LogP contribution in [0.25, 0.3) is 10.9 Å². The minimum absolute atomic E-state index is 0.403. The summed E-state index contributed by atoms with van der Waals surface area (Å²) in [6.45, 7) is 3.07. The number of benzene rings is 3. The maximum Gasteiger partial charge on any atom is 0.416 e. The average Bonchev–Trinajstić information content (AvgIpc) is 3.36. The van der Waals surface area contributed by atoms with Gasteiger partial charge in [0.2, 0.25) is 0 Å². The number of nitrogens with one attached hydrogen (secondary N) is 1. The van der Waals surface area contributed by atoms with E-state index in [2.05, 4.69) is 16.1 Å². The SMILES string of the molecule is FC(F)(F)c1ccc(CCCN2CCC(c3c[nH]c4ccc(Cl)cc34)CC2)cc1.O=C(O)C(O)c1ccccc1. The van der Waals surface area contributed by atoms with Crippen molar-refractivity contribution in [3.63, 3.8) is 0 Å². The monoisotopic (exact) mass is 572 g/mol. The molecule has 2 heterocycles. The van der Waals surface area contributed by atoms with E-state index in [-0.39, 0.29) is 0 Å². The molecule has 5 nitrogen and oxygen atoms in total. The minimum atomic E-state index is -4.26. The molecule has 1 aromatic heterocycles. The Morgan fingerprint density at radius 3 is 2.33 bits per heavy atom. The fourth-order valence-corrected chi connectivity index (χ4v) is 5.24. The zero-order chi connectivity index (χ0) is 28.7. The number of aliphatic hydroxyl groups excluding tert-OH is 1. The van der Waals surface area contributed by atoms with E-state index in [1.54, 1.807) is 42.5 Å². The van der Waals surface area contributed by atoms with Gasteiger partial charge in [0.15, 0.2) is 6.10 Å². The predicted molar refractivity (Wildman–Crippen MR) is 151 cm³/mol. The molecule has 0 spiro atoms. The second-order valence-electron chi connectivity index (χ2n) is 10.00. The van der Waals surface area contributed by atoms with E-state index in [0.29, 0.717) is 11.5 Å². The third kappa shape index (κ3) is 7.87. The number of piperidine rings is 1. The van der Waals surface area contributed by atoms with Gasteiger partial charge in [-0.25, -0.2) is 4.79 Å². The number of hydrogen-bond donors (Lipinski definition) is 3. The lowest BCUT2D eigenvalue weighted by molar-refractivity contribution is -0.147. The van der Waals surface area contributed by atoms with E-state index >= 15 is 0 Å². The molecule has 0 saturated carbocycles. The van der Waals surface area contributed by atoms with Gasteiger partial charge in [0, 0.05) is 22.1 Å². The van der Waals surface area contributed by atoms with Crippen LogP contribution in [-0.2, 0) is 17.4 Å². The lowest BCUT2D eigenvalue weighted by Gasteiger charge is -2.32. The lowest BCUT2D eigenvalue weighted by Crippen LogP contribution is -2.33. The van der Waals surface area contributed by atoms with Crippen molar-refractivity contribution < 1.29 is 28.2 Å². The van der Waals surface area contributed by atoms with Crippen molar-refractivity contribution in [2.24, 2.45) is 0 Å². The molecule has 1 fully saturated rings. The molecule has 1 aliphatic heterocycles. The molecule has 40 heavy (non-hydrogen) atoms. The zero-order valence-electron chi connectivity index (χ0n) is 21.9. The number of carboxylic acid groups (broad SMARTS) is 1. The standard InChI is InChI=1S/C23H24ClF3N2.C8H8O3/c24-19-7-8-22-20(14-19)21(15-28-22)17-9-12-29(13-10-17)11-1-2-16-3-5-18(6-4-16)23(25,26)27;9-7(8(10)11)6-4-2-1-3-5-6/h3-8,14-15,17,28H,1-2,9-13H2;1-5,7,9H,(H,10,11). The van der Waals surface area contributed by atoms with E-state index < -0.39 is 23.8 Å². The minimum Gasteiger partial charge on any atom is -0.479 e. The number of aromatic nitrogens is 1. The fourth-order valence-electron chi connectivity index (χ4n) is 5.06. The number of likely N-dealkylation sites (tertiary alicyclic amines) is 1. The van der Waals surface area contributed by atoms with Crippen LogP contribution in [0.4, 0.5) is 13.2 Å². The highest BCUT2D eigenvalue weighted by molar-refractivity contribution is 6.31. The van der Waals surface area contributed by atoms with Crippen molar-refractivity contribution in [2.45, 2.75) is 43.9 Å². The summed E-state index contributed by atoms with van der Waals surface area (Å²) < 4.78 is 37.9. The van der Waals surface area contributed by atoms with E-state index in [0.717, 1.165) is 61.4 Å². The van der Waals surface area contributed by atoms with Crippen LogP contribution in [0, 0.1) is 0 Å². The number of fused-ring (bicyclic) bond motifs is 1. The number of alkyl halides is 3. The van der Waals surface area contributed by atoms with Crippen LogP contribution in [0.5, 0.6) is 0 Å². The molecule has 9 heteroatoms. The normalized spacial score (nSPS) is 15.4. The smallest absolute Gasteiger partial charge is 0.416 e. The molecule has 4 aromatic rings. The van der Waals surface area contributed by atoms with Gasteiger partial charge < -0.3 is 20.1 Å². The number of halogens is 4. The van der Waals surface area contributed by atoms with Gasteiger partial charge in [0.05, 0.1) is 5.56 Å². The largest absolute Gasteiger partial charge is 0.479 e. The van der Waals surface area contributed by atoms with Crippen molar-refractivity contribution in [1.82, 2.24) is 9.88 Å². The number of aliphatic carboxylic acids is 1. The molecule has 0 bridgehead atoms. The summed E-state index contributed by atoms with van der Waals surface area (Å²) in [6.07, 6.45) is 0.429. The first-order valence-corrected chi connectivity index (χ1v) is 13.6. The maximum atomic E-state index is 12.6. The second-order valence-corrected chi connectivity index (χ2v) is 10.4. The number of carbonyl (C=O) groups is 1. The Bertz CT molecular complexity index is 1380. The molecule has 3 N–H and O–H groups in total. The van der Waals surface area contributed by atoms with Gasteiger partial charge in [-0.05, 0) is 98.3 Å². The van der Waals surface area contributed by atoms with E-state index in [9.17, 15) is 18.0 Å². The molecule has 1 unspecified atom stereocenters. The Kier molecular flexibility index (Phi) is 9.90. The maximum absolute atomic E-state index is 12.6. The van der Waals surface area contributed by atoms with Gasteiger partial charge >= 0.3 is 12.1 Å². The zero-order valence-corrected chi connectivity index (χ0v) is 22.6. The van der Waals surface area contributed by atoms with E-state index in [1.807, 2.05) is 18.2 Å². The predicted octanol–water partition coefficient (Wildman–Crippen LogP) is 7.46. The van der Waals surface area contributed by atoms with Crippen molar-refractivity contribution in [1.29, 1.82) is 0 Å². The summed E-state index contributed by atoms with van der Waals surface area (Å²) in [5.41, 5.74) is 3.26. The Morgan fingerprint density at radius 2 is 1.70 bits per heavy atom. The highest BCUT2D eigenvalue weighted by Gasteiger charge is 2.30. The molecule has 5 rings (SSSR count). The van der Waals surface area contributed by atoms with Crippen LogP contribution >= 0.6 is 11.6 Å². The first kappa shape index (κ1) is 29.6. The van der Waals surface area contributed by atoms with Gasteiger partial charge in [-0.3, -0.25) is 0 Å². The van der Waals surface area contributed by atoms with Gasteiger partial charge in [-0.1, -0.05) is 54.1 Å². The van der Waals surface area contributed by atoms with Crippen LogP contribution in [0.3, 0.4) is 0 Å². The number of hydrogen-bond acceptors (Lipinski definition) is 3. The molecular formula is C31H32ClF3N2O3. The summed E-state index contributed by atoms with van der Waals surface area (Å²) >= 11 is 6.17. The van der Waals surface area contributed by atoms with Gasteiger partial charge in [0.1, 0.15) is 0 Å². The lowest BCUT2D eigenvalue weighted by atomic mass is 9.89. The van der Waals surface area contributed by atoms with Crippen LogP contribution < -0.4 is 0 Å². The highest BCUT2D eigenvalue weighted by Crippen LogP contribution is 2.34. The molecule has 1 atom stereocenters. The van der Waals surface area contributed by atoms with Gasteiger partial charge in [-0.2, -0.15) is 13.2 Å². The number of aromatic amines is 1.